The predicted octanol–water partition coefficient (Wildman–Crippen LogP) is 3.39. The second-order valence-electron chi connectivity index (χ2n) is 8.20. The number of ether oxygens (including phenoxy) is 1. The van der Waals surface area contributed by atoms with Crippen LogP contribution in [0.3, 0.4) is 0 Å². The Morgan fingerprint density at radius 1 is 1.14 bits per heavy atom. The lowest BCUT2D eigenvalue weighted by atomic mass is 10.1. The van der Waals surface area contributed by atoms with Gasteiger partial charge in [-0.3, -0.25) is 9.59 Å². The number of carbonyl (C=O) groups is 1. The van der Waals surface area contributed by atoms with Gasteiger partial charge in [-0.1, -0.05) is 35.9 Å². The highest BCUT2D eigenvalue weighted by Gasteiger charge is 2.27. The molecule has 0 atom stereocenters. The van der Waals surface area contributed by atoms with Gasteiger partial charge < -0.3 is 4.74 Å². The maximum atomic E-state index is 13.2. The smallest absolute Gasteiger partial charge is 0.294 e. The summed E-state index contributed by atoms with van der Waals surface area (Å²) in [6.45, 7) is 2.57. The molecule has 1 aliphatic heterocycles. The van der Waals surface area contributed by atoms with Crippen molar-refractivity contribution in [2.45, 2.75) is 18.4 Å². The first-order chi connectivity index (χ1) is 17.2. The van der Waals surface area contributed by atoms with Crippen molar-refractivity contribution in [1.29, 1.82) is 0 Å². The van der Waals surface area contributed by atoms with Crippen molar-refractivity contribution in [3.8, 4) is 11.3 Å². The van der Waals surface area contributed by atoms with Gasteiger partial charge in [-0.05, 0) is 31.2 Å². The van der Waals surface area contributed by atoms with Crippen LogP contribution in [0, 0.1) is 6.92 Å². The highest BCUT2D eigenvalue weighted by Crippen LogP contribution is 2.30. The lowest BCUT2D eigenvalue weighted by Gasteiger charge is -2.26. The first-order valence-corrected chi connectivity index (χ1v) is 13.7. The van der Waals surface area contributed by atoms with Gasteiger partial charge in [0.1, 0.15) is 12.2 Å². The van der Waals surface area contributed by atoms with Crippen LogP contribution in [0.25, 0.3) is 21.5 Å². The standard InChI is InChI=1S/C24H21ClN4O5S2/c1-15-26-22-23(35-15)21(16-5-7-18(25)8-6-16)27-29(24(22)31)14-20(30)17-3-2-4-19(13-17)36(32,33)28-9-11-34-12-10-28/h2-8,13H,9-12,14H2,1H3. The zero-order valence-electron chi connectivity index (χ0n) is 19.2. The summed E-state index contributed by atoms with van der Waals surface area (Å²) in [4.78, 5) is 30.7. The Kier molecular flexibility index (Phi) is 6.75. The van der Waals surface area contributed by atoms with E-state index in [9.17, 15) is 18.0 Å². The number of hydrogen-bond donors (Lipinski definition) is 0. The number of fused-ring (bicyclic) bond motifs is 1. The van der Waals surface area contributed by atoms with Crippen molar-refractivity contribution in [2.75, 3.05) is 26.3 Å². The van der Waals surface area contributed by atoms with Gasteiger partial charge in [0.25, 0.3) is 5.56 Å². The molecule has 0 unspecified atom stereocenters. The van der Waals surface area contributed by atoms with Gasteiger partial charge in [0.05, 0.1) is 27.8 Å². The van der Waals surface area contributed by atoms with Gasteiger partial charge in [0, 0.05) is 29.2 Å². The molecule has 4 aromatic rings. The van der Waals surface area contributed by atoms with Crippen LogP contribution in [0.1, 0.15) is 15.4 Å². The first-order valence-electron chi connectivity index (χ1n) is 11.1. The van der Waals surface area contributed by atoms with E-state index in [-0.39, 0.29) is 35.6 Å². The van der Waals surface area contributed by atoms with Crippen LogP contribution < -0.4 is 5.56 Å². The van der Waals surface area contributed by atoms with Crippen molar-refractivity contribution >= 4 is 49.0 Å². The molecule has 1 aliphatic rings. The first kappa shape index (κ1) is 24.7. The monoisotopic (exact) mass is 544 g/mol. The SMILES string of the molecule is Cc1nc2c(=O)n(CC(=O)c3cccc(S(=O)(=O)N4CCOCC4)c3)nc(-c3ccc(Cl)cc3)c2s1. The molecule has 0 saturated carbocycles. The molecular formula is C24H21ClN4O5S2. The Hall–Kier alpha value is -2.96. The summed E-state index contributed by atoms with van der Waals surface area (Å²) in [5.74, 6) is -0.447. The van der Waals surface area contributed by atoms with Crippen molar-refractivity contribution < 1.29 is 17.9 Å². The fraction of sp³-hybridized carbons (Fsp3) is 0.250. The highest BCUT2D eigenvalue weighted by molar-refractivity contribution is 7.89. The zero-order valence-corrected chi connectivity index (χ0v) is 21.6. The molecule has 12 heteroatoms. The molecule has 0 aliphatic carbocycles. The van der Waals surface area contributed by atoms with E-state index in [1.165, 1.54) is 39.9 Å². The van der Waals surface area contributed by atoms with Gasteiger partial charge in [0.2, 0.25) is 10.0 Å². The number of carbonyl (C=O) groups excluding carboxylic acids is 1. The van der Waals surface area contributed by atoms with Crippen LogP contribution in [0.5, 0.6) is 0 Å². The number of morpholine rings is 1. The summed E-state index contributed by atoms with van der Waals surface area (Å²) in [5, 5.41) is 5.75. The lowest BCUT2D eigenvalue weighted by Crippen LogP contribution is -2.40. The maximum absolute atomic E-state index is 13.2. The Morgan fingerprint density at radius 3 is 2.58 bits per heavy atom. The average molecular weight is 545 g/mol. The number of aromatic nitrogens is 3. The second kappa shape index (κ2) is 9.83. The number of thiazole rings is 1. The van der Waals surface area contributed by atoms with E-state index in [1.807, 2.05) is 0 Å². The topological polar surface area (TPSA) is 111 Å². The van der Waals surface area contributed by atoms with E-state index in [2.05, 4.69) is 10.1 Å². The van der Waals surface area contributed by atoms with E-state index in [4.69, 9.17) is 16.3 Å². The summed E-state index contributed by atoms with van der Waals surface area (Å²) >= 11 is 7.38. The number of aryl methyl sites for hydroxylation is 1. The number of hydrogen-bond acceptors (Lipinski definition) is 8. The van der Waals surface area contributed by atoms with E-state index in [0.29, 0.717) is 33.6 Å². The van der Waals surface area contributed by atoms with E-state index < -0.39 is 21.4 Å². The molecule has 1 saturated heterocycles. The molecule has 9 nitrogen and oxygen atoms in total. The Bertz CT molecular complexity index is 1620. The third kappa shape index (κ3) is 4.72. The summed E-state index contributed by atoms with van der Waals surface area (Å²) in [6.07, 6.45) is 0. The molecule has 0 amide bonds. The predicted molar refractivity (Wildman–Crippen MR) is 137 cm³/mol. The molecule has 36 heavy (non-hydrogen) atoms. The number of halogens is 1. The lowest BCUT2D eigenvalue weighted by molar-refractivity contribution is 0.0730. The van der Waals surface area contributed by atoms with Gasteiger partial charge >= 0.3 is 0 Å². The number of sulfonamides is 1. The minimum atomic E-state index is -3.77. The number of nitrogens with zero attached hydrogens (tertiary/aromatic N) is 4. The molecule has 1 fully saturated rings. The van der Waals surface area contributed by atoms with Crippen molar-refractivity contribution in [1.82, 2.24) is 19.1 Å². The molecule has 0 N–H and O–H groups in total. The van der Waals surface area contributed by atoms with Crippen molar-refractivity contribution in [3.63, 3.8) is 0 Å². The largest absolute Gasteiger partial charge is 0.379 e. The maximum Gasteiger partial charge on any atom is 0.294 e. The molecule has 0 radical (unpaired) electrons. The number of rotatable bonds is 6. The van der Waals surface area contributed by atoms with Gasteiger partial charge in [-0.25, -0.2) is 18.1 Å². The third-order valence-corrected chi connectivity index (χ3v) is 8.91. The van der Waals surface area contributed by atoms with Crippen LogP contribution in [0.4, 0.5) is 0 Å². The molecule has 5 rings (SSSR count). The molecule has 0 spiro atoms. The fourth-order valence-corrected chi connectivity index (χ4v) is 6.46. The Labute approximate surface area is 216 Å². The summed E-state index contributed by atoms with van der Waals surface area (Å²) in [6, 6.07) is 12.9. The van der Waals surface area contributed by atoms with Crippen molar-refractivity contribution in [3.05, 3.63) is 74.5 Å². The summed E-state index contributed by atoms with van der Waals surface area (Å²) in [7, 11) is -3.77. The van der Waals surface area contributed by atoms with Crippen molar-refractivity contribution in [2.24, 2.45) is 0 Å². The summed E-state index contributed by atoms with van der Waals surface area (Å²) < 4.78 is 34.3. The number of ketones is 1. The molecular weight excluding hydrogens is 524 g/mol. The van der Waals surface area contributed by atoms with Crippen LogP contribution in [-0.4, -0.2) is 59.6 Å². The van der Waals surface area contributed by atoms with Crippen LogP contribution in [-0.2, 0) is 21.3 Å². The number of benzene rings is 2. The second-order valence-corrected chi connectivity index (χ2v) is 11.8. The average Bonchev–Trinajstić information content (AvgIpc) is 3.29. The molecule has 186 valence electrons. The minimum Gasteiger partial charge on any atom is -0.379 e. The molecule has 2 aromatic heterocycles. The van der Waals surface area contributed by atoms with Gasteiger partial charge in [-0.15, -0.1) is 11.3 Å². The Morgan fingerprint density at radius 2 is 1.86 bits per heavy atom. The molecule has 0 bridgehead atoms. The Balaban J connectivity index is 1.51. The summed E-state index contributed by atoms with van der Waals surface area (Å²) in [5.41, 5.74) is 1.16. The van der Waals surface area contributed by atoms with Gasteiger partial charge in [-0.2, -0.15) is 9.40 Å². The van der Waals surface area contributed by atoms with Gasteiger partial charge in [0.15, 0.2) is 11.3 Å². The minimum absolute atomic E-state index is 0.0167. The highest BCUT2D eigenvalue weighted by atomic mass is 35.5. The fourth-order valence-electron chi connectivity index (χ4n) is 3.96. The van der Waals surface area contributed by atoms with Crippen LogP contribution in [0.15, 0.2) is 58.2 Å². The van der Waals surface area contributed by atoms with E-state index in [0.717, 1.165) is 10.2 Å². The van der Waals surface area contributed by atoms with E-state index in [1.54, 1.807) is 31.2 Å². The van der Waals surface area contributed by atoms with Crippen LogP contribution in [0.2, 0.25) is 5.02 Å². The quantitative estimate of drug-likeness (QED) is 0.342. The number of Topliss-reactive ketones (excluding diaryl/α,β-unsaturated/α-hetero) is 1. The van der Waals surface area contributed by atoms with E-state index >= 15 is 0 Å². The third-order valence-electron chi connectivity index (χ3n) is 5.78. The molecule has 2 aromatic carbocycles. The van der Waals surface area contributed by atoms with Crippen LogP contribution >= 0.6 is 22.9 Å². The normalized spacial score (nSPS) is 14.8. The molecule has 3 heterocycles. The zero-order chi connectivity index (χ0) is 25.4.